The smallest absolute Gasteiger partial charge is 0.287 e. The number of aryl methyl sites for hydroxylation is 1. The van der Waals surface area contributed by atoms with Crippen LogP contribution in [0.1, 0.15) is 34.5 Å². The van der Waals surface area contributed by atoms with Crippen LogP contribution in [0.2, 0.25) is 5.02 Å². The largest absolute Gasteiger partial charge is 0.484 e. The lowest BCUT2D eigenvalue weighted by Gasteiger charge is -2.06. The molecule has 0 radical (unpaired) electrons. The molecule has 0 unspecified atom stereocenters. The number of carbonyl (C=O) groups excluding carboxylic acids is 1. The lowest BCUT2D eigenvalue weighted by molar-refractivity contribution is -0.384. The fourth-order valence-electron chi connectivity index (χ4n) is 2.69. The number of aromatic nitrogens is 2. The van der Waals surface area contributed by atoms with Gasteiger partial charge in [0.1, 0.15) is 18.1 Å². The van der Waals surface area contributed by atoms with Crippen LogP contribution in [0.25, 0.3) is 0 Å². The quantitative estimate of drug-likeness (QED) is 0.439. The van der Waals surface area contributed by atoms with Crippen molar-refractivity contribution in [2.24, 2.45) is 0 Å². The van der Waals surface area contributed by atoms with Gasteiger partial charge in [-0.15, -0.1) is 0 Å². The average molecular weight is 419 g/mol. The highest BCUT2D eigenvalue weighted by atomic mass is 35.5. The van der Waals surface area contributed by atoms with Gasteiger partial charge in [0, 0.05) is 36.5 Å². The van der Waals surface area contributed by atoms with Crippen molar-refractivity contribution in [3.05, 3.63) is 74.4 Å². The van der Waals surface area contributed by atoms with Crippen molar-refractivity contribution in [1.29, 1.82) is 0 Å². The number of non-ortho nitro benzene ring substituents is 1. The summed E-state index contributed by atoms with van der Waals surface area (Å²) in [6, 6.07) is 7.09. The number of benzene rings is 1. The molecule has 0 aliphatic rings. The van der Waals surface area contributed by atoms with Crippen LogP contribution in [0, 0.1) is 17.0 Å². The number of furan rings is 1. The Hall–Kier alpha value is -3.33. The highest BCUT2D eigenvalue weighted by Crippen LogP contribution is 2.29. The molecular formula is C19H19ClN4O5. The maximum Gasteiger partial charge on any atom is 0.287 e. The molecule has 0 saturated heterocycles. The molecule has 3 aromatic rings. The number of halogens is 1. The highest BCUT2D eigenvalue weighted by molar-refractivity contribution is 6.32. The van der Waals surface area contributed by atoms with E-state index in [2.05, 4.69) is 10.4 Å². The summed E-state index contributed by atoms with van der Waals surface area (Å²) in [5.74, 6) is 0.495. The summed E-state index contributed by atoms with van der Waals surface area (Å²) in [4.78, 5) is 22.5. The second kappa shape index (κ2) is 8.78. The fourth-order valence-corrected chi connectivity index (χ4v) is 2.92. The minimum Gasteiger partial charge on any atom is -0.484 e. The molecule has 9 nitrogen and oxygen atoms in total. The molecule has 2 aromatic heterocycles. The summed E-state index contributed by atoms with van der Waals surface area (Å²) in [5.41, 5.74) is 1.81. The van der Waals surface area contributed by atoms with E-state index in [0.29, 0.717) is 12.3 Å². The number of rotatable bonds is 8. The first kappa shape index (κ1) is 20.4. The monoisotopic (exact) mass is 418 g/mol. The summed E-state index contributed by atoms with van der Waals surface area (Å²) >= 11 is 5.99. The molecule has 2 heterocycles. The Labute approximate surface area is 171 Å². The summed E-state index contributed by atoms with van der Waals surface area (Å²) in [7, 11) is 0. The molecule has 0 fully saturated rings. The van der Waals surface area contributed by atoms with Crippen molar-refractivity contribution in [1.82, 2.24) is 15.1 Å². The number of ether oxygens (including phenoxy) is 1. The SMILES string of the molecule is CCn1ncc(CNC(=O)c2ccc(COc3ccc([N+](=O)[O-])cc3Cl)o2)c1C. The van der Waals surface area contributed by atoms with Gasteiger partial charge < -0.3 is 14.5 Å². The van der Waals surface area contributed by atoms with Gasteiger partial charge in [-0.2, -0.15) is 5.10 Å². The first-order valence-corrected chi connectivity index (χ1v) is 9.21. The number of nitrogens with zero attached hydrogens (tertiary/aromatic N) is 3. The zero-order chi connectivity index (χ0) is 21.0. The molecule has 0 aliphatic heterocycles. The normalized spacial score (nSPS) is 10.7. The maximum atomic E-state index is 12.3. The minimum absolute atomic E-state index is 0.0210. The zero-order valence-electron chi connectivity index (χ0n) is 15.8. The molecule has 0 spiro atoms. The van der Waals surface area contributed by atoms with Gasteiger partial charge in [0.25, 0.3) is 11.6 Å². The van der Waals surface area contributed by atoms with Crippen LogP contribution in [-0.4, -0.2) is 20.6 Å². The molecular weight excluding hydrogens is 400 g/mol. The first-order chi connectivity index (χ1) is 13.9. The molecule has 0 atom stereocenters. The van der Waals surface area contributed by atoms with Crippen molar-refractivity contribution < 1.29 is 18.9 Å². The topological polar surface area (TPSA) is 112 Å². The first-order valence-electron chi connectivity index (χ1n) is 8.84. The molecule has 3 rings (SSSR count). The van der Waals surface area contributed by atoms with Crippen LogP contribution in [-0.2, 0) is 19.7 Å². The predicted octanol–water partition coefficient (Wildman–Crippen LogP) is 3.88. The molecule has 1 amide bonds. The Morgan fingerprint density at radius 1 is 1.38 bits per heavy atom. The third-order valence-corrected chi connectivity index (χ3v) is 4.62. The van der Waals surface area contributed by atoms with E-state index >= 15 is 0 Å². The Morgan fingerprint density at radius 3 is 2.83 bits per heavy atom. The number of hydrogen-bond acceptors (Lipinski definition) is 6. The molecule has 1 N–H and O–H groups in total. The van der Waals surface area contributed by atoms with E-state index in [1.165, 1.54) is 18.2 Å². The van der Waals surface area contributed by atoms with Gasteiger partial charge in [-0.05, 0) is 32.0 Å². The van der Waals surface area contributed by atoms with E-state index in [9.17, 15) is 14.9 Å². The van der Waals surface area contributed by atoms with E-state index < -0.39 is 4.92 Å². The van der Waals surface area contributed by atoms with E-state index in [1.54, 1.807) is 18.3 Å². The van der Waals surface area contributed by atoms with E-state index in [4.69, 9.17) is 20.8 Å². The Balaban J connectivity index is 1.56. The van der Waals surface area contributed by atoms with Crippen LogP contribution >= 0.6 is 11.6 Å². The van der Waals surface area contributed by atoms with Gasteiger partial charge in [0.15, 0.2) is 5.76 Å². The molecule has 1 aromatic carbocycles. The summed E-state index contributed by atoms with van der Waals surface area (Å²) in [6.07, 6.45) is 1.73. The Bertz CT molecular complexity index is 1040. The molecule has 0 bridgehead atoms. The van der Waals surface area contributed by atoms with Crippen molar-refractivity contribution in [3.8, 4) is 5.75 Å². The zero-order valence-corrected chi connectivity index (χ0v) is 16.6. The molecule has 0 aliphatic carbocycles. The number of hydrogen-bond donors (Lipinski definition) is 1. The lowest BCUT2D eigenvalue weighted by Crippen LogP contribution is -2.22. The van der Waals surface area contributed by atoms with Gasteiger partial charge in [-0.1, -0.05) is 11.6 Å². The Morgan fingerprint density at radius 2 is 2.17 bits per heavy atom. The summed E-state index contributed by atoms with van der Waals surface area (Å²) < 4.78 is 12.9. The third-order valence-electron chi connectivity index (χ3n) is 4.33. The van der Waals surface area contributed by atoms with Gasteiger partial charge in [0.05, 0.1) is 16.1 Å². The van der Waals surface area contributed by atoms with E-state index in [1.807, 2.05) is 18.5 Å². The van der Waals surface area contributed by atoms with Crippen molar-refractivity contribution in [2.75, 3.05) is 0 Å². The summed E-state index contributed by atoms with van der Waals surface area (Å²) in [5, 5.41) is 17.9. The van der Waals surface area contributed by atoms with Gasteiger partial charge in [-0.3, -0.25) is 19.6 Å². The van der Waals surface area contributed by atoms with Crippen LogP contribution in [0.3, 0.4) is 0 Å². The van der Waals surface area contributed by atoms with Gasteiger partial charge in [-0.25, -0.2) is 0 Å². The second-order valence-corrected chi connectivity index (χ2v) is 6.59. The number of nitro groups is 1. The average Bonchev–Trinajstić information content (AvgIpc) is 3.31. The van der Waals surface area contributed by atoms with Crippen LogP contribution < -0.4 is 10.1 Å². The van der Waals surface area contributed by atoms with E-state index in [0.717, 1.165) is 17.8 Å². The molecule has 0 saturated carbocycles. The van der Waals surface area contributed by atoms with Crippen LogP contribution in [0.15, 0.2) is 40.9 Å². The maximum absolute atomic E-state index is 12.3. The molecule has 10 heteroatoms. The van der Waals surface area contributed by atoms with Gasteiger partial charge in [0.2, 0.25) is 0 Å². The van der Waals surface area contributed by atoms with Crippen molar-refractivity contribution in [3.63, 3.8) is 0 Å². The molecule has 29 heavy (non-hydrogen) atoms. The number of nitrogens with one attached hydrogen (secondary N) is 1. The third kappa shape index (κ3) is 4.75. The van der Waals surface area contributed by atoms with Gasteiger partial charge >= 0.3 is 0 Å². The number of nitro benzene ring substituents is 1. The van der Waals surface area contributed by atoms with Crippen molar-refractivity contribution in [2.45, 2.75) is 33.5 Å². The second-order valence-electron chi connectivity index (χ2n) is 6.18. The molecule has 152 valence electrons. The minimum atomic E-state index is -0.540. The lowest BCUT2D eigenvalue weighted by atomic mass is 10.2. The highest BCUT2D eigenvalue weighted by Gasteiger charge is 2.14. The fraction of sp³-hybridized carbons (Fsp3) is 0.263. The predicted molar refractivity (Wildman–Crippen MR) is 105 cm³/mol. The number of amides is 1. The summed E-state index contributed by atoms with van der Waals surface area (Å²) in [6.45, 7) is 5.07. The Kier molecular flexibility index (Phi) is 6.18. The standard InChI is InChI=1S/C19H19ClN4O5/c1-3-23-12(2)13(10-22-23)9-21-19(25)18-7-5-15(29-18)11-28-17-6-4-14(24(26)27)8-16(17)20/h4-8,10H,3,9,11H2,1-2H3,(H,21,25). The van der Waals surface area contributed by atoms with Crippen LogP contribution in [0.4, 0.5) is 5.69 Å². The number of carbonyl (C=O) groups is 1. The van der Waals surface area contributed by atoms with E-state index in [-0.39, 0.29) is 34.7 Å². The van der Waals surface area contributed by atoms with Crippen molar-refractivity contribution >= 4 is 23.2 Å². The van der Waals surface area contributed by atoms with Crippen LogP contribution in [0.5, 0.6) is 5.75 Å².